The molecule has 0 aliphatic heterocycles. The van der Waals surface area contributed by atoms with Gasteiger partial charge in [0.25, 0.3) is 0 Å². The molecule has 0 saturated carbocycles. The molecular formula is C14H17NO2S2. The average Bonchev–Trinajstić information content (AvgIpc) is 2.66. The minimum absolute atomic E-state index is 0.101. The van der Waals surface area contributed by atoms with Crippen LogP contribution in [0.3, 0.4) is 0 Å². The van der Waals surface area contributed by atoms with Crippen LogP contribution in [0.25, 0.3) is 10.4 Å². The van der Waals surface area contributed by atoms with Crippen molar-refractivity contribution in [2.75, 3.05) is 7.11 Å². The molecule has 0 saturated heterocycles. The summed E-state index contributed by atoms with van der Waals surface area (Å²) in [5, 5.41) is 0. The molecule has 0 unspecified atom stereocenters. The second kappa shape index (κ2) is 5.75. The van der Waals surface area contributed by atoms with E-state index in [-0.39, 0.29) is 6.10 Å². The van der Waals surface area contributed by atoms with Crippen LogP contribution in [-0.2, 0) is 0 Å². The van der Waals surface area contributed by atoms with Crippen LogP contribution >= 0.6 is 23.6 Å². The fourth-order valence-electron chi connectivity index (χ4n) is 1.77. The Balaban J connectivity index is 2.42. The van der Waals surface area contributed by atoms with E-state index in [0.29, 0.717) is 0 Å². The molecule has 0 spiro atoms. The van der Waals surface area contributed by atoms with Gasteiger partial charge in [-0.1, -0.05) is 0 Å². The highest BCUT2D eigenvalue weighted by Crippen LogP contribution is 2.31. The van der Waals surface area contributed by atoms with Crippen molar-refractivity contribution in [3.8, 4) is 16.2 Å². The standard InChI is InChI=1S/C14H17NO2S2/c1-9(2)17-15-10(3)13(19-14(15)18)11-5-7-12(16-4)8-6-11/h5-9H,1-4H3. The van der Waals surface area contributed by atoms with Crippen LogP contribution in [0.2, 0.25) is 0 Å². The van der Waals surface area contributed by atoms with Crippen molar-refractivity contribution in [1.29, 1.82) is 0 Å². The second-order valence-corrected chi connectivity index (χ2v) is 6.10. The number of methoxy groups -OCH3 is 1. The van der Waals surface area contributed by atoms with Gasteiger partial charge in [0.05, 0.1) is 17.7 Å². The van der Waals surface area contributed by atoms with Gasteiger partial charge in [-0.3, -0.25) is 0 Å². The molecule has 2 rings (SSSR count). The molecule has 3 nitrogen and oxygen atoms in total. The van der Waals surface area contributed by atoms with E-state index in [1.165, 1.54) is 0 Å². The van der Waals surface area contributed by atoms with Crippen LogP contribution in [0.1, 0.15) is 19.5 Å². The first-order valence-corrected chi connectivity index (χ1v) is 7.29. The molecule has 0 atom stereocenters. The lowest BCUT2D eigenvalue weighted by Gasteiger charge is -2.11. The molecule has 0 radical (unpaired) electrons. The Hall–Kier alpha value is -1.33. The smallest absolute Gasteiger partial charge is 0.197 e. The number of thiazole rings is 1. The highest BCUT2D eigenvalue weighted by Gasteiger charge is 2.12. The summed E-state index contributed by atoms with van der Waals surface area (Å²) in [6.07, 6.45) is 0.101. The summed E-state index contributed by atoms with van der Waals surface area (Å²) in [5.41, 5.74) is 2.16. The lowest BCUT2D eigenvalue weighted by Crippen LogP contribution is -2.20. The third kappa shape index (κ3) is 2.98. The van der Waals surface area contributed by atoms with Crippen molar-refractivity contribution in [1.82, 2.24) is 4.73 Å². The minimum Gasteiger partial charge on any atom is -0.497 e. The van der Waals surface area contributed by atoms with Crippen molar-refractivity contribution in [3.05, 3.63) is 33.9 Å². The largest absolute Gasteiger partial charge is 0.497 e. The van der Waals surface area contributed by atoms with Gasteiger partial charge in [-0.15, -0.1) is 11.3 Å². The van der Waals surface area contributed by atoms with E-state index in [1.807, 2.05) is 45.0 Å². The third-order valence-electron chi connectivity index (χ3n) is 2.66. The maximum atomic E-state index is 5.72. The zero-order valence-corrected chi connectivity index (χ0v) is 13.1. The van der Waals surface area contributed by atoms with Crippen LogP contribution in [0.15, 0.2) is 24.3 Å². The summed E-state index contributed by atoms with van der Waals surface area (Å²) < 4.78 is 7.64. The molecule has 0 N–H and O–H groups in total. The SMILES string of the molecule is COc1ccc(-c2sc(=S)n(OC(C)C)c2C)cc1. The molecule has 102 valence electrons. The van der Waals surface area contributed by atoms with E-state index in [2.05, 4.69) is 0 Å². The number of hydrogen-bond donors (Lipinski definition) is 0. The summed E-state index contributed by atoms with van der Waals surface area (Å²) in [6, 6.07) is 7.97. The average molecular weight is 295 g/mol. The van der Waals surface area contributed by atoms with Gasteiger partial charge in [-0.25, -0.2) is 0 Å². The number of nitrogens with zero attached hydrogens (tertiary/aromatic N) is 1. The van der Waals surface area contributed by atoms with Gasteiger partial charge < -0.3 is 9.57 Å². The van der Waals surface area contributed by atoms with Crippen LogP contribution in [-0.4, -0.2) is 17.9 Å². The summed E-state index contributed by atoms with van der Waals surface area (Å²) in [6.45, 7) is 6.01. The van der Waals surface area contributed by atoms with Gasteiger partial charge in [-0.05, 0) is 62.8 Å². The van der Waals surface area contributed by atoms with Crippen molar-refractivity contribution in [2.24, 2.45) is 0 Å². The Bertz CT molecular complexity index is 611. The first kappa shape index (κ1) is 14.1. The normalized spacial score (nSPS) is 10.8. The Morgan fingerprint density at radius 3 is 2.37 bits per heavy atom. The van der Waals surface area contributed by atoms with Gasteiger partial charge in [0.1, 0.15) is 11.9 Å². The molecule has 5 heteroatoms. The molecule has 19 heavy (non-hydrogen) atoms. The molecule has 0 fully saturated rings. The number of aromatic nitrogens is 1. The van der Waals surface area contributed by atoms with Crippen LogP contribution < -0.4 is 9.57 Å². The lowest BCUT2D eigenvalue weighted by molar-refractivity contribution is 0.0555. The number of hydrogen-bond acceptors (Lipinski definition) is 4. The Labute approximate surface area is 122 Å². The van der Waals surface area contributed by atoms with Crippen molar-refractivity contribution in [2.45, 2.75) is 26.9 Å². The van der Waals surface area contributed by atoms with E-state index < -0.39 is 0 Å². The lowest BCUT2D eigenvalue weighted by atomic mass is 10.1. The van der Waals surface area contributed by atoms with E-state index in [4.69, 9.17) is 21.8 Å². The zero-order valence-electron chi connectivity index (χ0n) is 11.5. The van der Waals surface area contributed by atoms with E-state index >= 15 is 0 Å². The molecule has 0 amide bonds. The van der Waals surface area contributed by atoms with E-state index in [9.17, 15) is 0 Å². The van der Waals surface area contributed by atoms with Crippen molar-refractivity contribution >= 4 is 23.6 Å². The topological polar surface area (TPSA) is 23.4 Å². The molecule has 1 heterocycles. The predicted molar refractivity (Wildman–Crippen MR) is 81.6 cm³/mol. The van der Waals surface area contributed by atoms with Crippen molar-refractivity contribution < 1.29 is 9.57 Å². The number of benzene rings is 1. The molecule has 1 aromatic carbocycles. The zero-order chi connectivity index (χ0) is 14.0. The number of rotatable bonds is 4. The maximum Gasteiger partial charge on any atom is 0.197 e. The van der Waals surface area contributed by atoms with Crippen LogP contribution in [0.5, 0.6) is 5.75 Å². The fraction of sp³-hybridized carbons (Fsp3) is 0.357. The quantitative estimate of drug-likeness (QED) is 0.793. The maximum absolute atomic E-state index is 5.72. The van der Waals surface area contributed by atoms with Gasteiger partial charge in [0.15, 0.2) is 3.95 Å². The Morgan fingerprint density at radius 2 is 1.84 bits per heavy atom. The monoisotopic (exact) mass is 295 g/mol. The summed E-state index contributed by atoms with van der Waals surface area (Å²) in [7, 11) is 1.66. The predicted octanol–water partition coefficient (Wildman–Crippen LogP) is 4.10. The third-order valence-corrected chi connectivity index (χ3v) is 4.15. The summed E-state index contributed by atoms with van der Waals surface area (Å²) >= 11 is 6.92. The molecule has 2 aromatic rings. The number of ether oxygens (including phenoxy) is 1. The van der Waals surface area contributed by atoms with Gasteiger partial charge in [-0.2, -0.15) is 4.73 Å². The van der Waals surface area contributed by atoms with Gasteiger partial charge >= 0.3 is 0 Å². The molecule has 0 aliphatic rings. The molecule has 0 aliphatic carbocycles. The minimum atomic E-state index is 0.101. The molecule has 0 bridgehead atoms. The van der Waals surface area contributed by atoms with E-state index in [0.717, 1.165) is 25.8 Å². The highest BCUT2D eigenvalue weighted by atomic mass is 32.1. The Morgan fingerprint density at radius 1 is 1.21 bits per heavy atom. The van der Waals surface area contributed by atoms with Crippen LogP contribution in [0.4, 0.5) is 0 Å². The Kier molecular flexibility index (Phi) is 4.27. The second-order valence-electron chi connectivity index (χ2n) is 4.46. The first-order chi connectivity index (χ1) is 9.02. The van der Waals surface area contributed by atoms with Crippen molar-refractivity contribution in [3.63, 3.8) is 0 Å². The summed E-state index contributed by atoms with van der Waals surface area (Å²) in [5.74, 6) is 0.850. The highest BCUT2D eigenvalue weighted by molar-refractivity contribution is 7.73. The molecule has 1 aromatic heterocycles. The first-order valence-electron chi connectivity index (χ1n) is 6.07. The van der Waals surface area contributed by atoms with Gasteiger partial charge in [0, 0.05) is 0 Å². The summed E-state index contributed by atoms with van der Waals surface area (Å²) in [4.78, 5) is 6.85. The molecular weight excluding hydrogens is 278 g/mol. The fourth-order valence-corrected chi connectivity index (χ4v) is 3.13. The van der Waals surface area contributed by atoms with E-state index in [1.54, 1.807) is 23.2 Å². The van der Waals surface area contributed by atoms with Crippen LogP contribution in [0, 0.1) is 10.9 Å². The van der Waals surface area contributed by atoms with Gasteiger partial charge in [0.2, 0.25) is 0 Å².